The zero-order valence-corrected chi connectivity index (χ0v) is 40.4. The Morgan fingerprint density at radius 2 is 0.926 bits per heavy atom. The van der Waals surface area contributed by atoms with Crippen LogP contribution in [0.1, 0.15) is 155 Å². The minimum absolute atomic E-state index is 0.101. The van der Waals surface area contributed by atoms with Crippen molar-refractivity contribution in [2.45, 2.75) is 140 Å². The molecule has 2 unspecified atom stereocenters. The second kappa shape index (κ2) is 16.1. The Bertz CT molecular complexity index is 1950. The van der Waals surface area contributed by atoms with Gasteiger partial charge in [-0.1, -0.05) is 0 Å². The summed E-state index contributed by atoms with van der Waals surface area (Å²) >= 11 is -4.98. The van der Waals surface area contributed by atoms with Crippen molar-refractivity contribution in [1.29, 1.82) is 0 Å². The number of hydrogen-bond acceptors (Lipinski definition) is 0. The summed E-state index contributed by atoms with van der Waals surface area (Å²) in [6.45, 7) is 28.0. The quantitative estimate of drug-likeness (QED) is 0.118. The number of unbranched alkanes of at least 4 members (excludes halogenated alkanes) is 2. The van der Waals surface area contributed by atoms with Gasteiger partial charge in [0.1, 0.15) is 0 Å². The number of halogens is 2. The van der Waals surface area contributed by atoms with E-state index in [0.717, 1.165) is 38.5 Å². The molecule has 4 aromatic rings. The van der Waals surface area contributed by atoms with E-state index < -0.39 is 21.5 Å². The number of rotatable bonds is 13. The van der Waals surface area contributed by atoms with Crippen LogP contribution in [0.4, 0.5) is 0 Å². The van der Waals surface area contributed by atoms with Gasteiger partial charge in [0.25, 0.3) is 0 Å². The van der Waals surface area contributed by atoms with Gasteiger partial charge in [0, 0.05) is 0 Å². The molecule has 2 aliphatic rings. The zero-order chi connectivity index (χ0) is 39.3. The number of hydrogen-bond donors (Lipinski definition) is 0. The van der Waals surface area contributed by atoms with E-state index in [1.165, 1.54) is 89.0 Å². The van der Waals surface area contributed by atoms with Gasteiger partial charge < -0.3 is 0 Å². The summed E-state index contributed by atoms with van der Waals surface area (Å²) in [5.41, 5.74) is 22.1. The van der Waals surface area contributed by atoms with Crippen molar-refractivity contribution < 1.29 is 15.6 Å². The SMILES string of the molecule is CCCCC1=Cc2c(ccc(C(C)C)c2-c2cc(C)cc(C)c2)[CH]1[Zr]([Cl])([Cl])([CH]1C(CCCC)=Cc2c1ccc(C(C)C)c2-c1cc(C)cc(C)c1)[SiH](C)C. The molecule has 0 bridgehead atoms. The van der Waals surface area contributed by atoms with Crippen LogP contribution in [0.15, 0.2) is 71.8 Å². The molecule has 2 atom stereocenters. The Morgan fingerprint density at radius 1 is 0.574 bits per heavy atom. The molecule has 0 spiro atoms. The second-order valence-electron chi connectivity index (χ2n) is 18.0. The van der Waals surface area contributed by atoms with E-state index in [-0.39, 0.29) is 7.25 Å². The molecule has 2 aliphatic carbocycles. The van der Waals surface area contributed by atoms with E-state index in [9.17, 15) is 0 Å². The van der Waals surface area contributed by atoms with E-state index in [0.29, 0.717) is 11.8 Å². The van der Waals surface area contributed by atoms with Crippen molar-refractivity contribution >= 4 is 35.1 Å². The first kappa shape index (κ1) is 41.7. The molecule has 0 saturated carbocycles. The summed E-state index contributed by atoms with van der Waals surface area (Å²) in [4.78, 5) is 0. The number of aryl methyl sites for hydroxylation is 4. The summed E-state index contributed by atoms with van der Waals surface area (Å²) < 4.78 is 0.202. The van der Waals surface area contributed by atoms with Crippen LogP contribution in [0.25, 0.3) is 34.4 Å². The van der Waals surface area contributed by atoms with Gasteiger partial charge in [-0.05, 0) is 0 Å². The molecule has 0 heterocycles. The zero-order valence-electron chi connectivity index (χ0n) is 35.3. The van der Waals surface area contributed by atoms with Gasteiger partial charge in [0.05, 0.1) is 0 Å². The second-order valence-corrected chi connectivity index (χ2v) is 60.5. The third-order valence-electron chi connectivity index (χ3n) is 12.8. The molecular formula is C50H65Cl2SiZr. The molecule has 0 aliphatic heterocycles. The Labute approximate surface area is 337 Å². The summed E-state index contributed by atoms with van der Waals surface area (Å²) in [5.74, 6) is -0.904. The van der Waals surface area contributed by atoms with Crippen LogP contribution in [0.5, 0.6) is 0 Å². The Balaban J connectivity index is 1.68. The van der Waals surface area contributed by atoms with Crippen molar-refractivity contribution in [1.82, 2.24) is 0 Å². The molecule has 0 amide bonds. The van der Waals surface area contributed by atoms with Crippen LogP contribution in [-0.2, 0) is 15.6 Å². The topological polar surface area (TPSA) is 0 Å². The van der Waals surface area contributed by atoms with E-state index >= 15 is 0 Å². The molecule has 54 heavy (non-hydrogen) atoms. The van der Waals surface area contributed by atoms with Gasteiger partial charge in [0.15, 0.2) is 0 Å². The molecule has 287 valence electrons. The maximum atomic E-state index is 9.00. The van der Waals surface area contributed by atoms with Gasteiger partial charge in [-0.15, -0.1) is 0 Å². The fourth-order valence-electron chi connectivity index (χ4n) is 10.2. The predicted octanol–water partition coefficient (Wildman–Crippen LogP) is 16.4. The van der Waals surface area contributed by atoms with E-state index in [2.05, 4.69) is 155 Å². The molecule has 4 heteroatoms. The van der Waals surface area contributed by atoms with Gasteiger partial charge >= 0.3 is 340 Å². The van der Waals surface area contributed by atoms with Crippen LogP contribution < -0.4 is 0 Å². The fraction of sp³-hybridized carbons (Fsp3) is 0.440. The average Bonchev–Trinajstić information content (AvgIpc) is 3.67. The number of fused-ring (bicyclic) bond motifs is 2. The van der Waals surface area contributed by atoms with E-state index in [4.69, 9.17) is 17.0 Å². The molecule has 6 rings (SSSR count). The Kier molecular flexibility index (Phi) is 12.4. The van der Waals surface area contributed by atoms with Crippen molar-refractivity contribution in [2.24, 2.45) is 0 Å². The van der Waals surface area contributed by atoms with Gasteiger partial charge in [-0.3, -0.25) is 0 Å². The van der Waals surface area contributed by atoms with Crippen LogP contribution in [0.2, 0.25) is 13.1 Å². The van der Waals surface area contributed by atoms with Crippen molar-refractivity contribution in [3.63, 3.8) is 0 Å². The van der Waals surface area contributed by atoms with Crippen LogP contribution in [0, 0.1) is 27.7 Å². The summed E-state index contributed by atoms with van der Waals surface area (Å²) in [7, 11) is 18.0. The molecule has 0 radical (unpaired) electrons. The Hall–Kier alpha value is -1.96. The molecule has 0 aromatic heterocycles. The van der Waals surface area contributed by atoms with E-state index in [1.54, 1.807) is 0 Å². The first-order chi connectivity index (χ1) is 25.5. The predicted molar refractivity (Wildman–Crippen MR) is 242 cm³/mol. The van der Waals surface area contributed by atoms with E-state index in [1.807, 2.05) is 0 Å². The number of allylic oxidation sites excluding steroid dienone is 2. The number of benzene rings is 4. The average molecular weight is 856 g/mol. The molecular weight excluding hydrogens is 791 g/mol. The molecule has 0 saturated heterocycles. The fourth-order valence-corrected chi connectivity index (χ4v) is 41.7. The van der Waals surface area contributed by atoms with Crippen LogP contribution >= 0.6 is 17.0 Å². The van der Waals surface area contributed by atoms with Gasteiger partial charge in [-0.25, -0.2) is 0 Å². The third-order valence-corrected chi connectivity index (χ3v) is 64.6. The third kappa shape index (κ3) is 7.34. The Morgan fingerprint density at radius 3 is 1.22 bits per heavy atom. The normalized spacial score (nSPS) is 17.5. The van der Waals surface area contributed by atoms with Crippen molar-refractivity contribution in [3.05, 3.63) is 127 Å². The summed E-state index contributed by atoms with van der Waals surface area (Å²) in [5, 5.41) is 0. The molecule has 0 N–H and O–H groups in total. The summed E-state index contributed by atoms with van der Waals surface area (Å²) in [6.07, 6.45) is 11.9. The van der Waals surface area contributed by atoms with Gasteiger partial charge in [0.2, 0.25) is 0 Å². The van der Waals surface area contributed by atoms with Crippen molar-refractivity contribution in [3.8, 4) is 22.3 Å². The first-order valence-corrected chi connectivity index (χ1v) is 37.3. The summed E-state index contributed by atoms with van der Waals surface area (Å²) in [6, 6.07) is 24.0. The maximum absolute atomic E-state index is 9.00. The molecule has 0 fully saturated rings. The minimum atomic E-state index is -4.98. The monoisotopic (exact) mass is 853 g/mol. The van der Waals surface area contributed by atoms with Gasteiger partial charge in [-0.2, -0.15) is 0 Å². The standard InChI is InChI=1S/2C24H29.C2H7Si.2ClH.Zr/c2*1-6-7-8-19-14-20-9-10-22(16(2)3)24(23(20)15-19)21-12-17(4)11-18(5)13-21;1-3-2;;;/h2*9-16H,6-8H2,1-5H3;3H,1-2H3;2*1H;/q;;;;;+2/p-2. The van der Waals surface area contributed by atoms with Crippen LogP contribution in [-0.4, -0.2) is 5.92 Å². The van der Waals surface area contributed by atoms with Crippen LogP contribution in [0.3, 0.4) is 0 Å². The molecule has 0 nitrogen and oxygen atoms in total. The first-order valence-electron chi connectivity index (χ1n) is 21.0. The molecule has 4 aromatic carbocycles. The van der Waals surface area contributed by atoms with Crippen molar-refractivity contribution in [2.75, 3.05) is 0 Å².